The summed E-state index contributed by atoms with van der Waals surface area (Å²) in [6.45, 7) is 5.75. The quantitative estimate of drug-likeness (QED) is 0.747. The van der Waals surface area contributed by atoms with Crippen molar-refractivity contribution < 1.29 is 19.1 Å². The van der Waals surface area contributed by atoms with E-state index in [1.54, 1.807) is 16.7 Å². The normalized spacial score (nSPS) is 34.9. The van der Waals surface area contributed by atoms with E-state index in [1.807, 2.05) is 0 Å². The van der Waals surface area contributed by atoms with Crippen LogP contribution in [0.1, 0.15) is 52.4 Å². The molecule has 1 N–H and O–H groups in total. The zero-order valence-electron chi connectivity index (χ0n) is 17.1. The Morgan fingerprint density at radius 2 is 1.46 bits per heavy atom. The predicted octanol–water partition coefficient (Wildman–Crippen LogP) is 2.01. The Morgan fingerprint density at radius 1 is 0.964 bits per heavy atom. The third-order valence-electron chi connectivity index (χ3n) is 7.64. The first-order valence-electron chi connectivity index (χ1n) is 10.9. The maximum atomic E-state index is 12.7. The van der Waals surface area contributed by atoms with Gasteiger partial charge in [0.2, 0.25) is 0 Å². The summed E-state index contributed by atoms with van der Waals surface area (Å²) in [7, 11) is 0. The molecule has 1 atom stereocenters. The molecule has 5 fully saturated rings. The zero-order valence-corrected chi connectivity index (χ0v) is 17.1. The van der Waals surface area contributed by atoms with Crippen LogP contribution in [0.25, 0.3) is 0 Å². The average Bonchev–Trinajstić information content (AvgIpc) is 2.66. The Bertz CT molecular complexity index is 606. The summed E-state index contributed by atoms with van der Waals surface area (Å²) < 4.78 is 5.00. The van der Waals surface area contributed by atoms with Crippen LogP contribution in [0.15, 0.2) is 0 Å². The molecule has 7 nitrogen and oxygen atoms in total. The van der Waals surface area contributed by atoms with E-state index in [2.05, 4.69) is 12.2 Å². The van der Waals surface area contributed by atoms with Crippen LogP contribution in [0, 0.1) is 23.2 Å². The first-order chi connectivity index (χ1) is 13.4. The molecule has 156 valence electrons. The maximum absolute atomic E-state index is 12.7. The number of amides is 3. The highest BCUT2D eigenvalue weighted by molar-refractivity contribution is 6.35. The van der Waals surface area contributed by atoms with Crippen molar-refractivity contribution in [2.45, 2.75) is 58.4 Å². The molecule has 1 unspecified atom stereocenters. The van der Waals surface area contributed by atoms with E-state index in [0.29, 0.717) is 32.8 Å². The highest BCUT2D eigenvalue weighted by atomic mass is 16.6. The lowest BCUT2D eigenvalue weighted by Crippen LogP contribution is -2.59. The van der Waals surface area contributed by atoms with Crippen LogP contribution < -0.4 is 5.32 Å². The number of piperazine rings is 1. The van der Waals surface area contributed by atoms with Gasteiger partial charge in [-0.15, -0.1) is 0 Å². The molecule has 4 aliphatic carbocycles. The number of ether oxygens (including phenoxy) is 1. The van der Waals surface area contributed by atoms with Crippen molar-refractivity contribution in [3.63, 3.8) is 0 Å². The van der Waals surface area contributed by atoms with Gasteiger partial charge in [0.05, 0.1) is 6.61 Å². The lowest BCUT2D eigenvalue weighted by molar-refractivity contribution is -0.148. The molecule has 0 aromatic carbocycles. The molecule has 7 heteroatoms. The molecular weight excluding hydrogens is 358 g/mol. The van der Waals surface area contributed by atoms with Crippen molar-refractivity contribution in [1.29, 1.82) is 0 Å². The number of carbonyl (C=O) groups excluding carboxylic acids is 3. The minimum Gasteiger partial charge on any atom is -0.450 e. The van der Waals surface area contributed by atoms with E-state index in [9.17, 15) is 14.4 Å². The Balaban J connectivity index is 1.30. The highest BCUT2D eigenvalue weighted by Gasteiger charge is 2.53. The summed E-state index contributed by atoms with van der Waals surface area (Å²) in [6, 6.07) is 0.0400. The average molecular weight is 392 g/mol. The zero-order chi connectivity index (χ0) is 19.9. The van der Waals surface area contributed by atoms with E-state index in [-0.39, 0.29) is 17.6 Å². The molecule has 3 amide bonds. The van der Waals surface area contributed by atoms with Gasteiger partial charge in [0.15, 0.2) is 0 Å². The second-order valence-corrected chi connectivity index (χ2v) is 9.45. The van der Waals surface area contributed by atoms with Crippen molar-refractivity contribution >= 4 is 17.9 Å². The first kappa shape index (κ1) is 19.5. The van der Waals surface area contributed by atoms with Crippen molar-refractivity contribution in [2.24, 2.45) is 23.2 Å². The van der Waals surface area contributed by atoms with E-state index < -0.39 is 11.8 Å². The summed E-state index contributed by atoms with van der Waals surface area (Å²) in [4.78, 5) is 40.2. The summed E-state index contributed by atoms with van der Waals surface area (Å²) >= 11 is 0. The molecule has 4 bridgehead atoms. The van der Waals surface area contributed by atoms with Crippen LogP contribution in [0.2, 0.25) is 0 Å². The van der Waals surface area contributed by atoms with Crippen molar-refractivity contribution in [3.05, 3.63) is 0 Å². The van der Waals surface area contributed by atoms with Gasteiger partial charge in [-0.1, -0.05) is 0 Å². The molecule has 1 heterocycles. The van der Waals surface area contributed by atoms with Gasteiger partial charge in [0, 0.05) is 32.2 Å². The molecule has 28 heavy (non-hydrogen) atoms. The minimum absolute atomic E-state index is 0.0400. The van der Waals surface area contributed by atoms with Crippen LogP contribution in [0.3, 0.4) is 0 Å². The topological polar surface area (TPSA) is 79.0 Å². The van der Waals surface area contributed by atoms with Crippen LogP contribution >= 0.6 is 0 Å². The Morgan fingerprint density at radius 3 is 1.96 bits per heavy atom. The molecule has 0 aromatic heterocycles. The number of nitrogens with zero attached hydrogens (tertiary/aromatic N) is 2. The Labute approximate surface area is 167 Å². The number of carbonyl (C=O) groups is 3. The third-order valence-corrected chi connectivity index (χ3v) is 7.64. The number of hydrogen-bond donors (Lipinski definition) is 1. The molecule has 0 aromatic rings. The second-order valence-electron chi connectivity index (χ2n) is 9.45. The van der Waals surface area contributed by atoms with Crippen LogP contribution in [0.4, 0.5) is 4.79 Å². The summed E-state index contributed by atoms with van der Waals surface area (Å²) in [6.07, 6.45) is 7.35. The van der Waals surface area contributed by atoms with Gasteiger partial charge < -0.3 is 19.9 Å². The second kappa shape index (κ2) is 7.56. The first-order valence-corrected chi connectivity index (χ1v) is 10.9. The molecule has 4 saturated carbocycles. The van der Waals surface area contributed by atoms with Gasteiger partial charge in [-0.05, 0) is 75.5 Å². The van der Waals surface area contributed by atoms with E-state index in [0.717, 1.165) is 17.8 Å². The molecule has 1 aliphatic heterocycles. The van der Waals surface area contributed by atoms with Gasteiger partial charge in [0.1, 0.15) is 0 Å². The standard InChI is InChI=1S/C21H33N3O4/c1-3-28-20(27)24-6-4-23(5-7-24)19(26)18(25)22-14(2)21-11-15-8-16(12-21)10-17(9-15)13-21/h14-17H,3-13H2,1-2H3,(H,22,25). The Hall–Kier alpha value is -1.79. The van der Waals surface area contributed by atoms with Gasteiger partial charge in [-0.3, -0.25) is 9.59 Å². The lowest BCUT2D eigenvalue weighted by Gasteiger charge is -2.59. The van der Waals surface area contributed by atoms with Crippen molar-refractivity contribution in [3.8, 4) is 0 Å². The van der Waals surface area contributed by atoms with Gasteiger partial charge in [0.25, 0.3) is 0 Å². The fraction of sp³-hybridized carbons (Fsp3) is 0.857. The van der Waals surface area contributed by atoms with Crippen molar-refractivity contribution in [1.82, 2.24) is 15.1 Å². The van der Waals surface area contributed by atoms with Crippen LogP contribution in [0.5, 0.6) is 0 Å². The Kier molecular flexibility index (Phi) is 5.27. The maximum Gasteiger partial charge on any atom is 0.409 e. The SMILES string of the molecule is CCOC(=O)N1CCN(C(=O)C(=O)NC(C)C23CC4CC(CC(C4)C2)C3)CC1. The summed E-state index contributed by atoms with van der Waals surface area (Å²) in [5, 5.41) is 3.05. The highest BCUT2D eigenvalue weighted by Crippen LogP contribution is 2.61. The minimum atomic E-state index is -0.493. The monoisotopic (exact) mass is 391 g/mol. The molecule has 0 spiro atoms. The molecule has 5 aliphatic rings. The van der Waals surface area contributed by atoms with Crippen molar-refractivity contribution in [2.75, 3.05) is 32.8 Å². The largest absolute Gasteiger partial charge is 0.450 e. The number of nitrogens with one attached hydrogen (secondary N) is 1. The lowest BCUT2D eigenvalue weighted by atomic mass is 9.48. The summed E-state index contributed by atoms with van der Waals surface area (Å²) in [5.74, 6) is 1.49. The fourth-order valence-corrected chi connectivity index (χ4v) is 6.57. The fourth-order valence-electron chi connectivity index (χ4n) is 6.57. The molecule has 1 saturated heterocycles. The van der Waals surface area contributed by atoms with E-state index >= 15 is 0 Å². The molecular formula is C21H33N3O4. The predicted molar refractivity (Wildman–Crippen MR) is 103 cm³/mol. The van der Waals surface area contributed by atoms with E-state index in [4.69, 9.17) is 4.74 Å². The van der Waals surface area contributed by atoms with Crippen LogP contribution in [-0.2, 0) is 14.3 Å². The molecule has 5 rings (SSSR count). The summed E-state index contributed by atoms with van der Waals surface area (Å²) in [5.41, 5.74) is 0.188. The number of hydrogen-bond acceptors (Lipinski definition) is 4. The van der Waals surface area contributed by atoms with E-state index in [1.165, 1.54) is 38.5 Å². The molecule has 0 radical (unpaired) electrons. The smallest absolute Gasteiger partial charge is 0.409 e. The van der Waals surface area contributed by atoms with Gasteiger partial charge in [-0.2, -0.15) is 0 Å². The van der Waals surface area contributed by atoms with Gasteiger partial charge >= 0.3 is 17.9 Å². The number of rotatable bonds is 3. The van der Waals surface area contributed by atoms with Crippen LogP contribution in [-0.4, -0.2) is 66.5 Å². The third kappa shape index (κ3) is 3.60. The van der Waals surface area contributed by atoms with Gasteiger partial charge in [-0.25, -0.2) is 4.79 Å².